The first-order chi connectivity index (χ1) is 11.4. The van der Waals surface area contributed by atoms with Crippen LogP contribution in [0.15, 0.2) is 36.4 Å². The van der Waals surface area contributed by atoms with Gasteiger partial charge in [0.05, 0.1) is 13.7 Å². The number of amides is 1. The zero-order chi connectivity index (χ0) is 17.7. The van der Waals surface area contributed by atoms with Crippen molar-refractivity contribution in [3.8, 4) is 5.75 Å². The number of methoxy groups -OCH3 is 1. The second kappa shape index (κ2) is 8.08. The molecule has 0 spiro atoms. The predicted octanol–water partition coefficient (Wildman–Crippen LogP) is 3.70. The van der Waals surface area contributed by atoms with Crippen molar-refractivity contribution < 1.29 is 18.3 Å². The molecule has 1 N–H and O–H groups in total. The van der Waals surface area contributed by atoms with Gasteiger partial charge in [-0.3, -0.25) is 9.69 Å². The van der Waals surface area contributed by atoms with E-state index >= 15 is 0 Å². The van der Waals surface area contributed by atoms with Crippen LogP contribution < -0.4 is 10.1 Å². The fraction of sp³-hybridized carbons (Fsp3) is 0.235. The smallest absolute Gasteiger partial charge is 0.238 e. The molecule has 0 aromatic heterocycles. The van der Waals surface area contributed by atoms with Gasteiger partial charge in [0.2, 0.25) is 5.91 Å². The van der Waals surface area contributed by atoms with Gasteiger partial charge >= 0.3 is 0 Å². The van der Waals surface area contributed by atoms with Crippen molar-refractivity contribution in [1.82, 2.24) is 4.90 Å². The van der Waals surface area contributed by atoms with E-state index in [0.29, 0.717) is 17.3 Å². The summed E-state index contributed by atoms with van der Waals surface area (Å²) >= 11 is 5.97. The SMILES string of the molecule is COc1ccc(Cl)cc1CN(C)CC(=O)Nc1c(F)cccc1F. The van der Waals surface area contributed by atoms with Gasteiger partial charge in [-0.25, -0.2) is 8.78 Å². The number of nitrogens with one attached hydrogen (secondary N) is 1. The van der Waals surface area contributed by atoms with Gasteiger partial charge in [-0.15, -0.1) is 0 Å². The van der Waals surface area contributed by atoms with Gasteiger partial charge in [-0.1, -0.05) is 17.7 Å². The van der Waals surface area contributed by atoms with Crippen LogP contribution in [-0.2, 0) is 11.3 Å². The molecule has 2 rings (SSSR count). The van der Waals surface area contributed by atoms with Crippen LogP contribution in [0.4, 0.5) is 14.5 Å². The van der Waals surface area contributed by atoms with Crippen LogP contribution in [0.3, 0.4) is 0 Å². The highest BCUT2D eigenvalue weighted by molar-refractivity contribution is 6.30. The van der Waals surface area contributed by atoms with E-state index in [2.05, 4.69) is 5.32 Å². The van der Waals surface area contributed by atoms with Crippen molar-refractivity contribution in [2.45, 2.75) is 6.54 Å². The highest BCUT2D eigenvalue weighted by Crippen LogP contribution is 2.24. The van der Waals surface area contributed by atoms with E-state index in [1.807, 2.05) is 0 Å². The molecular formula is C17H17ClF2N2O2. The summed E-state index contributed by atoms with van der Waals surface area (Å²) in [6, 6.07) is 8.58. The number of carbonyl (C=O) groups is 1. The van der Waals surface area contributed by atoms with Gasteiger partial charge in [-0.05, 0) is 37.4 Å². The lowest BCUT2D eigenvalue weighted by molar-refractivity contribution is -0.117. The van der Waals surface area contributed by atoms with E-state index in [9.17, 15) is 13.6 Å². The Morgan fingerprint density at radius 2 is 1.92 bits per heavy atom. The number of likely N-dealkylation sites (N-methyl/N-ethyl adjacent to an activating group) is 1. The standard InChI is InChI=1S/C17H17ClF2N2O2/c1-22(9-11-8-12(18)6-7-15(11)24-2)10-16(23)21-17-13(19)4-3-5-14(17)20/h3-8H,9-10H2,1-2H3,(H,21,23). The molecule has 4 nitrogen and oxygen atoms in total. The Kier molecular flexibility index (Phi) is 6.11. The van der Waals surface area contributed by atoms with Gasteiger partial charge in [0.25, 0.3) is 0 Å². The Balaban J connectivity index is 2.01. The molecule has 0 aliphatic rings. The largest absolute Gasteiger partial charge is 0.496 e. The Morgan fingerprint density at radius 3 is 2.54 bits per heavy atom. The summed E-state index contributed by atoms with van der Waals surface area (Å²) in [6.07, 6.45) is 0. The summed E-state index contributed by atoms with van der Waals surface area (Å²) in [6.45, 7) is 0.334. The highest BCUT2D eigenvalue weighted by atomic mass is 35.5. The monoisotopic (exact) mass is 354 g/mol. The lowest BCUT2D eigenvalue weighted by atomic mass is 10.2. The first-order valence-corrected chi connectivity index (χ1v) is 7.53. The number of carbonyl (C=O) groups excluding carboxylic acids is 1. The van der Waals surface area contributed by atoms with E-state index < -0.39 is 23.2 Å². The Bertz CT molecular complexity index is 720. The number of rotatable bonds is 6. The molecule has 0 saturated carbocycles. The van der Waals surface area contributed by atoms with Crippen molar-refractivity contribution in [3.05, 3.63) is 58.6 Å². The van der Waals surface area contributed by atoms with Crippen LogP contribution in [-0.4, -0.2) is 31.5 Å². The quantitative estimate of drug-likeness (QED) is 0.860. The number of halogens is 3. The first-order valence-electron chi connectivity index (χ1n) is 7.15. The number of ether oxygens (including phenoxy) is 1. The van der Waals surface area contributed by atoms with Crippen LogP contribution in [0.25, 0.3) is 0 Å². The van der Waals surface area contributed by atoms with Gasteiger partial charge in [0.15, 0.2) is 0 Å². The van der Waals surface area contributed by atoms with Crippen molar-refractivity contribution in [2.75, 3.05) is 26.0 Å². The minimum atomic E-state index is -0.817. The topological polar surface area (TPSA) is 41.6 Å². The van der Waals surface area contributed by atoms with E-state index in [4.69, 9.17) is 16.3 Å². The third-order valence-electron chi connectivity index (χ3n) is 3.32. The van der Waals surface area contributed by atoms with Crippen molar-refractivity contribution in [2.24, 2.45) is 0 Å². The number of nitrogens with zero attached hydrogens (tertiary/aromatic N) is 1. The van der Waals surface area contributed by atoms with E-state index in [0.717, 1.165) is 17.7 Å². The number of hydrogen-bond donors (Lipinski definition) is 1. The molecule has 0 heterocycles. The fourth-order valence-electron chi connectivity index (χ4n) is 2.26. The summed E-state index contributed by atoms with van der Waals surface area (Å²) < 4.78 is 32.3. The zero-order valence-corrected chi connectivity index (χ0v) is 14.0. The molecule has 0 fully saturated rings. The summed E-state index contributed by atoms with van der Waals surface area (Å²) in [4.78, 5) is 13.7. The Hall–Kier alpha value is -2.18. The highest BCUT2D eigenvalue weighted by Gasteiger charge is 2.14. The summed E-state index contributed by atoms with van der Waals surface area (Å²) in [5.41, 5.74) is 0.355. The number of anilines is 1. The van der Waals surface area contributed by atoms with E-state index in [1.54, 1.807) is 37.3 Å². The third kappa shape index (κ3) is 4.66. The van der Waals surface area contributed by atoms with Crippen LogP contribution in [0.2, 0.25) is 5.02 Å². The first kappa shape index (κ1) is 18.2. The van der Waals surface area contributed by atoms with Crippen molar-refractivity contribution in [1.29, 1.82) is 0 Å². The maximum absolute atomic E-state index is 13.5. The van der Waals surface area contributed by atoms with Crippen LogP contribution in [0.1, 0.15) is 5.56 Å². The molecule has 2 aromatic rings. The van der Waals surface area contributed by atoms with E-state index in [-0.39, 0.29) is 6.54 Å². The molecule has 2 aromatic carbocycles. The Labute approximate surface area is 144 Å². The third-order valence-corrected chi connectivity index (χ3v) is 3.56. The molecule has 0 bridgehead atoms. The molecule has 0 saturated heterocycles. The molecule has 0 aliphatic heterocycles. The maximum atomic E-state index is 13.5. The van der Waals surface area contributed by atoms with E-state index in [1.165, 1.54) is 6.07 Å². The number of benzene rings is 2. The summed E-state index contributed by atoms with van der Waals surface area (Å²) in [5, 5.41) is 2.80. The normalized spacial score (nSPS) is 10.8. The second-order valence-corrected chi connectivity index (χ2v) is 5.71. The molecule has 0 atom stereocenters. The average Bonchev–Trinajstić information content (AvgIpc) is 2.51. The molecule has 0 unspecified atom stereocenters. The molecular weight excluding hydrogens is 338 g/mol. The molecule has 128 valence electrons. The fourth-order valence-corrected chi connectivity index (χ4v) is 2.45. The minimum absolute atomic E-state index is 0.0521. The average molecular weight is 355 g/mol. The Morgan fingerprint density at radius 1 is 1.25 bits per heavy atom. The van der Waals surface area contributed by atoms with Crippen molar-refractivity contribution >= 4 is 23.2 Å². The molecule has 0 aliphatic carbocycles. The zero-order valence-electron chi connectivity index (χ0n) is 13.3. The minimum Gasteiger partial charge on any atom is -0.496 e. The van der Waals surface area contributed by atoms with Crippen LogP contribution in [0.5, 0.6) is 5.75 Å². The predicted molar refractivity (Wildman–Crippen MR) is 89.3 cm³/mol. The van der Waals surface area contributed by atoms with Gasteiger partial charge in [0, 0.05) is 17.1 Å². The van der Waals surface area contributed by atoms with Gasteiger partial charge in [0.1, 0.15) is 23.1 Å². The summed E-state index contributed by atoms with van der Waals surface area (Å²) in [7, 11) is 3.25. The second-order valence-electron chi connectivity index (χ2n) is 5.27. The lowest BCUT2D eigenvalue weighted by Crippen LogP contribution is -2.30. The summed E-state index contributed by atoms with van der Waals surface area (Å²) in [5.74, 6) is -1.51. The lowest BCUT2D eigenvalue weighted by Gasteiger charge is -2.18. The molecule has 7 heteroatoms. The van der Waals surface area contributed by atoms with Gasteiger partial charge in [-0.2, -0.15) is 0 Å². The molecule has 1 amide bonds. The van der Waals surface area contributed by atoms with Crippen LogP contribution in [0, 0.1) is 11.6 Å². The van der Waals surface area contributed by atoms with Crippen molar-refractivity contribution in [3.63, 3.8) is 0 Å². The number of hydrogen-bond acceptors (Lipinski definition) is 3. The number of para-hydroxylation sites is 1. The molecule has 24 heavy (non-hydrogen) atoms. The van der Waals surface area contributed by atoms with Crippen LogP contribution >= 0.6 is 11.6 Å². The maximum Gasteiger partial charge on any atom is 0.238 e. The molecule has 0 radical (unpaired) electrons. The van der Waals surface area contributed by atoms with Gasteiger partial charge < -0.3 is 10.1 Å².